The SMILES string of the molecule is Cc1ncsc1Cn1c(=S)[nH]c2cc(F)ccc21. The monoisotopic (exact) mass is 279 g/mol. The highest BCUT2D eigenvalue weighted by molar-refractivity contribution is 7.71. The van der Waals surface area contributed by atoms with E-state index < -0.39 is 0 Å². The smallest absolute Gasteiger partial charge is 0.178 e. The van der Waals surface area contributed by atoms with Crippen LogP contribution in [-0.2, 0) is 6.54 Å². The van der Waals surface area contributed by atoms with Crippen LogP contribution >= 0.6 is 23.6 Å². The molecule has 0 saturated carbocycles. The predicted octanol–water partition coefficient (Wildman–Crippen LogP) is 3.65. The lowest BCUT2D eigenvalue weighted by atomic mass is 10.3. The summed E-state index contributed by atoms with van der Waals surface area (Å²) in [5.74, 6) is -0.264. The van der Waals surface area contributed by atoms with Gasteiger partial charge in [-0.1, -0.05) is 0 Å². The summed E-state index contributed by atoms with van der Waals surface area (Å²) < 4.78 is 15.7. The molecule has 0 spiro atoms. The van der Waals surface area contributed by atoms with Gasteiger partial charge in [-0.25, -0.2) is 9.37 Å². The van der Waals surface area contributed by atoms with Gasteiger partial charge in [0.2, 0.25) is 0 Å². The van der Waals surface area contributed by atoms with Crippen molar-refractivity contribution in [3.63, 3.8) is 0 Å². The first-order chi connectivity index (χ1) is 8.65. The molecule has 0 aliphatic carbocycles. The van der Waals surface area contributed by atoms with Crippen molar-refractivity contribution in [2.75, 3.05) is 0 Å². The number of aromatic nitrogens is 3. The van der Waals surface area contributed by atoms with Crippen molar-refractivity contribution in [3.8, 4) is 0 Å². The standard InChI is InChI=1S/C12H10FN3S2/c1-7-11(18-6-14-7)5-16-10-3-2-8(13)4-9(10)15-12(16)17/h2-4,6H,5H2,1H3,(H,15,17). The molecule has 0 radical (unpaired) electrons. The molecule has 18 heavy (non-hydrogen) atoms. The Bertz CT molecular complexity index is 769. The van der Waals surface area contributed by atoms with E-state index in [9.17, 15) is 4.39 Å². The van der Waals surface area contributed by atoms with Crippen molar-refractivity contribution >= 4 is 34.6 Å². The Hall–Kier alpha value is -1.53. The Kier molecular flexibility index (Phi) is 2.76. The van der Waals surface area contributed by atoms with E-state index in [1.807, 2.05) is 17.0 Å². The fraction of sp³-hybridized carbons (Fsp3) is 0.167. The largest absolute Gasteiger partial charge is 0.330 e. The van der Waals surface area contributed by atoms with E-state index in [-0.39, 0.29) is 5.82 Å². The van der Waals surface area contributed by atoms with Crippen LogP contribution in [0.4, 0.5) is 4.39 Å². The second-order valence-electron chi connectivity index (χ2n) is 4.04. The number of H-pyrrole nitrogens is 1. The molecule has 0 unspecified atom stereocenters. The van der Waals surface area contributed by atoms with Gasteiger partial charge in [0.1, 0.15) is 5.82 Å². The number of aryl methyl sites for hydroxylation is 1. The third kappa shape index (κ3) is 1.87. The van der Waals surface area contributed by atoms with Crippen molar-refractivity contribution < 1.29 is 4.39 Å². The Labute approximate surface area is 112 Å². The van der Waals surface area contributed by atoms with Gasteiger partial charge in [-0.3, -0.25) is 0 Å². The van der Waals surface area contributed by atoms with Gasteiger partial charge in [0.25, 0.3) is 0 Å². The number of rotatable bonds is 2. The van der Waals surface area contributed by atoms with Crippen molar-refractivity contribution in [3.05, 3.63) is 44.9 Å². The summed E-state index contributed by atoms with van der Waals surface area (Å²) >= 11 is 6.88. The average molecular weight is 279 g/mol. The molecule has 0 atom stereocenters. The van der Waals surface area contributed by atoms with Crippen molar-refractivity contribution in [2.45, 2.75) is 13.5 Å². The van der Waals surface area contributed by atoms with Gasteiger partial charge in [-0.2, -0.15) is 0 Å². The summed E-state index contributed by atoms with van der Waals surface area (Å²) in [4.78, 5) is 8.41. The summed E-state index contributed by atoms with van der Waals surface area (Å²) in [6.07, 6.45) is 0. The molecule has 0 amide bonds. The molecule has 3 rings (SSSR count). The van der Waals surface area contributed by atoms with Crippen LogP contribution < -0.4 is 0 Å². The van der Waals surface area contributed by atoms with E-state index in [1.165, 1.54) is 12.1 Å². The molecule has 2 heterocycles. The number of nitrogens with zero attached hydrogens (tertiary/aromatic N) is 2. The molecular formula is C12H10FN3S2. The molecule has 3 nitrogen and oxygen atoms in total. The van der Waals surface area contributed by atoms with Crippen LogP contribution in [0.2, 0.25) is 0 Å². The van der Waals surface area contributed by atoms with Gasteiger partial charge < -0.3 is 9.55 Å². The van der Waals surface area contributed by atoms with Crippen LogP contribution in [0.3, 0.4) is 0 Å². The molecule has 92 valence electrons. The van der Waals surface area contributed by atoms with Crippen molar-refractivity contribution in [2.24, 2.45) is 0 Å². The normalized spacial score (nSPS) is 11.2. The number of hydrogen-bond acceptors (Lipinski definition) is 3. The van der Waals surface area contributed by atoms with E-state index in [0.29, 0.717) is 11.3 Å². The molecule has 0 saturated heterocycles. The number of thiazole rings is 1. The maximum absolute atomic E-state index is 13.1. The second kappa shape index (κ2) is 4.29. The van der Waals surface area contributed by atoms with E-state index in [0.717, 1.165) is 21.6 Å². The number of benzene rings is 1. The summed E-state index contributed by atoms with van der Waals surface area (Å²) in [6.45, 7) is 2.64. The molecule has 2 aromatic heterocycles. The van der Waals surface area contributed by atoms with Crippen molar-refractivity contribution in [1.29, 1.82) is 0 Å². The Morgan fingerprint density at radius 3 is 3.06 bits per heavy atom. The predicted molar refractivity (Wildman–Crippen MR) is 73.0 cm³/mol. The van der Waals surface area contributed by atoms with Gasteiger partial charge in [-0.05, 0) is 37.3 Å². The fourth-order valence-electron chi connectivity index (χ4n) is 1.91. The minimum atomic E-state index is -0.264. The molecule has 0 aliphatic heterocycles. The van der Waals surface area contributed by atoms with Gasteiger partial charge in [0.05, 0.1) is 28.8 Å². The second-order valence-corrected chi connectivity index (χ2v) is 5.36. The highest BCUT2D eigenvalue weighted by atomic mass is 32.1. The number of hydrogen-bond donors (Lipinski definition) is 1. The molecular weight excluding hydrogens is 269 g/mol. The fourth-order valence-corrected chi connectivity index (χ4v) is 2.95. The lowest BCUT2D eigenvalue weighted by molar-refractivity contribution is 0.629. The number of aromatic amines is 1. The van der Waals surface area contributed by atoms with Crippen LogP contribution in [0.1, 0.15) is 10.6 Å². The maximum atomic E-state index is 13.1. The molecule has 6 heteroatoms. The first kappa shape index (κ1) is 11.6. The summed E-state index contributed by atoms with van der Waals surface area (Å²) in [7, 11) is 0. The molecule has 0 aliphatic rings. The molecule has 1 aromatic carbocycles. The molecule has 3 aromatic rings. The van der Waals surface area contributed by atoms with Gasteiger partial charge in [-0.15, -0.1) is 11.3 Å². The van der Waals surface area contributed by atoms with E-state index >= 15 is 0 Å². The minimum Gasteiger partial charge on any atom is -0.330 e. The topological polar surface area (TPSA) is 33.6 Å². The summed E-state index contributed by atoms with van der Waals surface area (Å²) in [6, 6.07) is 4.65. The molecule has 0 fully saturated rings. The first-order valence-corrected chi connectivity index (χ1v) is 6.71. The first-order valence-electron chi connectivity index (χ1n) is 5.42. The Balaban J connectivity index is 2.15. The summed E-state index contributed by atoms with van der Waals surface area (Å²) in [5, 5.41) is 0. The van der Waals surface area contributed by atoms with Crippen LogP contribution in [0.5, 0.6) is 0 Å². The summed E-state index contributed by atoms with van der Waals surface area (Å²) in [5.41, 5.74) is 4.47. The number of fused-ring (bicyclic) bond motifs is 1. The van der Waals surface area contributed by atoms with Crippen molar-refractivity contribution in [1.82, 2.24) is 14.5 Å². The number of imidazole rings is 1. The highest BCUT2D eigenvalue weighted by Crippen LogP contribution is 2.20. The third-order valence-corrected chi connectivity index (χ3v) is 4.13. The lowest BCUT2D eigenvalue weighted by Gasteiger charge is -2.03. The third-order valence-electron chi connectivity index (χ3n) is 2.88. The lowest BCUT2D eigenvalue weighted by Crippen LogP contribution is -1.99. The zero-order chi connectivity index (χ0) is 12.7. The van der Waals surface area contributed by atoms with Crippen LogP contribution in [0.15, 0.2) is 23.7 Å². The average Bonchev–Trinajstić information content (AvgIpc) is 2.85. The Morgan fingerprint density at radius 1 is 1.50 bits per heavy atom. The van der Waals surface area contributed by atoms with Gasteiger partial charge in [0, 0.05) is 4.88 Å². The Morgan fingerprint density at radius 2 is 2.33 bits per heavy atom. The van der Waals surface area contributed by atoms with Crippen LogP contribution in [0, 0.1) is 17.5 Å². The zero-order valence-electron chi connectivity index (χ0n) is 9.61. The van der Waals surface area contributed by atoms with E-state index in [4.69, 9.17) is 12.2 Å². The van der Waals surface area contributed by atoms with Gasteiger partial charge >= 0.3 is 0 Å². The van der Waals surface area contributed by atoms with Crippen LogP contribution in [0.25, 0.3) is 11.0 Å². The molecule has 0 bridgehead atoms. The number of halogens is 1. The molecule has 1 N–H and O–H groups in total. The number of nitrogens with one attached hydrogen (secondary N) is 1. The van der Waals surface area contributed by atoms with E-state index in [1.54, 1.807) is 17.4 Å². The van der Waals surface area contributed by atoms with Gasteiger partial charge in [0.15, 0.2) is 4.77 Å². The van der Waals surface area contributed by atoms with Crippen LogP contribution in [-0.4, -0.2) is 14.5 Å². The highest BCUT2D eigenvalue weighted by Gasteiger charge is 2.08. The zero-order valence-corrected chi connectivity index (χ0v) is 11.2. The minimum absolute atomic E-state index is 0.264. The van der Waals surface area contributed by atoms with E-state index in [2.05, 4.69) is 9.97 Å². The maximum Gasteiger partial charge on any atom is 0.178 e. The quantitative estimate of drug-likeness (QED) is 0.726.